The van der Waals surface area contributed by atoms with Crippen LogP contribution in [0.2, 0.25) is 0 Å². The van der Waals surface area contributed by atoms with E-state index < -0.39 is 0 Å². The van der Waals surface area contributed by atoms with Crippen LogP contribution in [0.15, 0.2) is 18.2 Å². The number of piperidine rings is 1. The quantitative estimate of drug-likeness (QED) is 0.860. The largest absolute Gasteiger partial charge is 0.324 e. The molecule has 0 radical (unpaired) electrons. The standard InChI is InChI=1S/C20H32N2O/c1-14(2)17-7-6-8-18(15(3)4)20(17)21-19(23)13-22-11-9-16(5)10-12-22/h6-8,14-16H,9-13H2,1-5H3,(H,21,23). The molecule has 0 aliphatic carbocycles. The van der Waals surface area contributed by atoms with Crippen molar-refractivity contribution >= 4 is 11.6 Å². The van der Waals surface area contributed by atoms with Gasteiger partial charge in [-0.15, -0.1) is 0 Å². The summed E-state index contributed by atoms with van der Waals surface area (Å²) in [6.45, 7) is 13.6. The summed E-state index contributed by atoms with van der Waals surface area (Å²) in [6.07, 6.45) is 2.40. The Morgan fingerprint density at radius 2 is 1.65 bits per heavy atom. The third kappa shape index (κ3) is 4.81. The second-order valence-corrected chi connectivity index (χ2v) is 7.63. The molecule has 1 N–H and O–H groups in total. The van der Waals surface area contributed by atoms with Crippen LogP contribution in [0, 0.1) is 5.92 Å². The van der Waals surface area contributed by atoms with Crippen molar-refractivity contribution in [3.8, 4) is 0 Å². The van der Waals surface area contributed by atoms with Crippen LogP contribution in [-0.4, -0.2) is 30.4 Å². The molecule has 1 amide bonds. The molecule has 1 aromatic rings. The number of nitrogens with one attached hydrogen (secondary N) is 1. The Bertz CT molecular complexity index is 502. The maximum atomic E-state index is 12.6. The minimum Gasteiger partial charge on any atom is -0.324 e. The molecular formula is C20H32N2O. The zero-order valence-corrected chi connectivity index (χ0v) is 15.4. The summed E-state index contributed by atoms with van der Waals surface area (Å²) >= 11 is 0. The van der Waals surface area contributed by atoms with E-state index in [0.717, 1.165) is 24.7 Å². The normalized spacial score (nSPS) is 17.0. The van der Waals surface area contributed by atoms with Gasteiger partial charge in [0.15, 0.2) is 0 Å². The van der Waals surface area contributed by atoms with Crippen LogP contribution in [0.5, 0.6) is 0 Å². The van der Waals surface area contributed by atoms with E-state index in [-0.39, 0.29) is 5.91 Å². The van der Waals surface area contributed by atoms with Crippen molar-refractivity contribution in [2.45, 2.75) is 59.3 Å². The fourth-order valence-corrected chi connectivity index (χ4v) is 3.30. The lowest BCUT2D eigenvalue weighted by Crippen LogP contribution is -2.39. The average Bonchev–Trinajstić information content (AvgIpc) is 2.49. The average molecular weight is 316 g/mol. The zero-order chi connectivity index (χ0) is 17.0. The highest BCUT2D eigenvalue weighted by Crippen LogP contribution is 2.32. The van der Waals surface area contributed by atoms with E-state index in [2.05, 4.69) is 63.0 Å². The Morgan fingerprint density at radius 3 is 2.13 bits per heavy atom. The molecule has 0 bridgehead atoms. The minimum absolute atomic E-state index is 0.120. The number of hydrogen-bond acceptors (Lipinski definition) is 2. The van der Waals surface area contributed by atoms with E-state index >= 15 is 0 Å². The van der Waals surface area contributed by atoms with E-state index in [4.69, 9.17) is 0 Å². The van der Waals surface area contributed by atoms with Gasteiger partial charge in [-0.1, -0.05) is 52.8 Å². The Labute approximate surface area is 141 Å². The number of likely N-dealkylation sites (tertiary alicyclic amines) is 1. The lowest BCUT2D eigenvalue weighted by Gasteiger charge is -2.30. The van der Waals surface area contributed by atoms with Gasteiger partial charge in [-0.05, 0) is 54.8 Å². The van der Waals surface area contributed by atoms with Gasteiger partial charge in [-0.3, -0.25) is 9.69 Å². The molecule has 1 aliphatic heterocycles. The van der Waals surface area contributed by atoms with E-state index in [1.54, 1.807) is 0 Å². The lowest BCUT2D eigenvalue weighted by atomic mass is 9.92. The first kappa shape index (κ1) is 18.0. The van der Waals surface area contributed by atoms with E-state index in [1.165, 1.54) is 24.0 Å². The van der Waals surface area contributed by atoms with Crippen LogP contribution in [0.1, 0.15) is 70.4 Å². The van der Waals surface area contributed by atoms with E-state index in [1.807, 2.05) is 0 Å². The number of nitrogens with zero attached hydrogens (tertiary/aromatic N) is 1. The Morgan fingerprint density at radius 1 is 1.13 bits per heavy atom. The summed E-state index contributed by atoms with van der Waals surface area (Å²) in [5.74, 6) is 1.72. The van der Waals surface area contributed by atoms with Crippen LogP contribution in [0.4, 0.5) is 5.69 Å². The highest BCUT2D eigenvalue weighted by atomic mass is 16.2. The number of amides is 1. The van der Waals surface area contributed by atoms with Crippen molar-refractivity contribution in [3.63, 3.8) is 0 Å². The van der Waals surface area contributed by atoms with Crippen molar-refractivity contribution < 1.29 is 4.79 Å². The Hall–Kier alpha value is -1.35. The first-order valence-electron chi connectivity index (χ1n) is 9.03. The number of benzene rings is 1. The minimum atomic E-state index is 0.120. The van der Waals surface area contributed by atoms with Crippen LogP contribution >= 0.6 is 0 Å². The highest BCUT2D eigenvalue weighted by Gasteiger charge is 2.20. The smallest absolute Gasteiger partial charge is 0.238 e. The summed E-state index contributed by atoms with van der Waals surface area (Å²) in [7, 11) is 0. The molecule has 0 spiro atoms. The number of anilines is 1. The number of carbonyl (C=O) groups is 1. The molecule has 0 saturated carbocycles. The third-order valence-electron chi connectivity index (χ3n) is 4.88. The molecule has 3 heteroatoms. The molecule has 1 fully saturated rings. The van der Waals surface area contributed by atoms with Crippen LogP contribution in [0.3, 0.4) is 0 Å². The molecule has 1 saturated heterocycles. The summed E-state index contributed by atoms with van der Waals surface area (Å²) < 4.78 is 0. The summed E-state index contributed by atoms with van der Waals surface area (Å²) in [6, 6.07) is 6.37. The molecule has 3 nitrogen and oxygen atoms in total. The molecule has 1 aromatic carbocycles. The van der Waals surface area contributed by atoms with Gasteiger partial charge >= 0.3 is 0 Å². The number of hydrogen-bond donors (Lipinski definition) is 1. The van der Waals surface area contributed by atoms with Gasteiger partial charge in [0.25, 0.3) is 0 Å². The summed E-state index contributed by atoms with van der Waals surface area (Å²) in [5.41, 5.74) is 3.50. The summed E-state index contributed by atoms with van der Waals surface area (Å²) in [5, 5.41) is 3.22. The van der Waals surface area contributed by atoms with Crippen LogP contribution < -0.4 is 5.32 Å². The number of carbonyl (C=O) groups excluding carboxylic acids is 1. The molecule has 1 heterocycles. The van der Waals surface area contributed by atoms with Gasteiger partial charge in [0.05, 0.1) is 6.54 Å². The predicted molar refractivity (Wildman–Crippen MR) is 98.1 cm³/mol. The van der Waals surface area contributed by atoms with E-state index in [9.17, 15) is 4.79 Å². The first-order valence-corrected chi connectivity index (χ1v) is 9.03. The molecule has 1 aliphatic rings. The van der Waals surface area contributed by atoms with Crippen molar-refractivity contribution in [1.29, 1.82) is 0 Å². The predicted octanol–water partition coefficient (Wildman–Crippen LogP) is 4.60. The van der Waals surface area contributed by atoms with Gasteiger partial charge in [0.2, 0.25) is 5.91 Å². The Kier molecular flexibility index (Phi) is 6.23. The van der Waals surface area contributed by atoms with Gasteiger partial charge in [0, 0.05) is 5.69 Å². The number of para-hydroxylation sites is 1. The fraction of sp³-hybridized carbons (Fsp3) is 0.650. The topological polar surface area (TPSA) is 32.3 Å². The molecule has 128 valence electrons. The summed E-state index contributed by atoms with van der Waals surface area (Å²) in [4.78, 5) is 14.8. The van der Waals surface area contributed by atoms with Crippen LogP contribution in [-0.2, 0) is 4.79 Å². The maximum absolute atomic E-state index is 12.6. The molecule has 0 atom stereocenters. The van der Waals surface area contributed by atoms with Crippen molar-refractivity contribution in [2.75, 3.05) is 25.0 Å². The molecular weight excluding hydrogens is 284 g/mol. The van der Waals surface area contributed by atoms with E-state index in [0.29, 0.717) is 18.4 Å². The zero-order valence-electron chi connectivity index (χ0n) is 15.4. The second kappa shape index (κ2) is 7.96. The number of rotatable bonds is 5. The molecule has 0 unspecified atom stereocenters. The maximum Gasteiger partial charge on any atom is 0.238 e. The van der Waals surface area contributed by atoms with Crippen molar-refractivity contribution in [3.05, 3.63) is 29.3 Å². The first-order chi connectivity index (χ1) is 10.9. The van der Waals surface area contributed by atoms with Gasteiger partial charge in [0.1, 0.15) is 0 Å². The monoisotopic (exact) mass is 316 g/mol. The van der Waals surface area contributed by atoms with Gasteiger partial charge in [-0.2, -0.15) is 0 Å². The molecule has 2 rings (SSSR count). The van der Waals surface area contributed by atoms with Gasteiger partial charge < -0.3 is 5.32 Å². The van der Waals surface area contributed by atoms with Gasteiger partial charge in [-0.25, -0.2) is 0 Å². The molecule has 23 heavy (non-hydrogen) atoms. The Balaban J connectivity index is 2.10. The SMILES string of the molecule is CC1CCN(CC(=O)Nc2c(C(C)C)cccc2C(C)C)CC1. The van der Waals surface area contributed by atoms with Crippen LogP contribution in [0.25, 0.3) is 0 Å². The third-order valence-corrected chi connectivity index (χ3v) is 4.88. The van der Waals surface area contributed by atoms with Crippen molar-refractivity contribution in [1.82, 2.24) is 4.90 Å². The molecule has 0 aromatic heterocycles. The fourth-order valence-electron chi connectivity index (χ4n) is 3.30. The highest BCUT2D eigenvalue weighted by molar-refractivity contribution is 5.94. The lowest BCUT2D eigenvalue weighted by molar-refractivity contribution is -0.117. The van der Waals surface area contributed by atoms with Crippen molar-refractivity contribution in [2.24, 2.45) is 5.92 Å². The second-order valence-electron chi connectivity index (χ2n) is 7.63.